The molecule has 7 heteroatoms. The molecule has 2 fully saturated rings. The molecule has 0 aliphatic heterocycles. The molecule has 5 nitrogen and oxygen atoms in total. The van der Waals surface area contributed by atoms with E-state index < -0.39 is 0 Å². The van der Waals surface area contributed by atoms with E-state index in [0.29, 0.717) is 22.7 Å². The summed E-state index contributed by atoms with van der Waals surface area (Å²) < 4.78 is 1.71. The summed E-state index contributed by atoms with van der Waals surface area (Å²) >= 11 is 6.07. The standard InChI is InChI=1S/C19H23ClN4O.ClH/c20-15-5-2-6-16(11-15)24-17(7-8-22-24)23-19(25)14-9-12-3-1-4-13(10-14)18(12)21;/h2,5-8,11-14,18H,1,3-4,9-10,21H2,(H,23,25);1H. The Balaban J connectivity index is 0.00000196. The molecule has 1 aromatic heterocycles. The summed E-state index contributed by atoms with van der Waals surface area (Å²) in [6, 6.07) is 9.52. The van der Waals surface area contributed by atoms with Crippen LogP contribution in [0.3, 0.4) is 0 Å². The quantitative estimate of drug-likeness (QED) is 0.824. The number of nitrogens with two attached hydrogens (primary N) is 1. The molecule has 2 unspecified atom stereocenters. The Labute approximate surface area is 164 Å². The van der Waals surface area contributed by atoms with Crippen LogP contribution >= 0.6 is 24.0 Å². The van der Waals surface area contributed by atoms with Crippen molar-refractivity contribution in [2.24, 2.45) is 23.5 Å². The lowest BCUT2D eigenvalue weighted by atomic mass is 9.65. The maximum absolute atomic E-state index is 12.8. The van der Waals surface area contributed by atoms with Gasteiger partial charge in [0.1, 0.15) is 5.82 Å². The first-order valence-corrected chi connectivity index (χ1v) is 9.36. The van der Waals surface area contributed by atoms with Gasteiger partial charge in [-0.15, -0.1) is 12.4 Å². The highest BCUT2D eigenvalue weighted by Crippen LogP contribution is 2.42. The molecule has 2 saturated carbocycles. The predicted octanol–water partition coefficient (Wildman–Crippen LogP) is 4.04. The molecule has 2 aliphatic rings. The highest BCUT2D eigenvalue weighted by molar-refractivity contribution is 6.30. The van der Waals surface area contributed by atoms with Crippen molar-refractivity contribution < 1.29 is 4.79 Å². The van der Waals surface area contributed by atoms with Crippen LogP contribution in [0, 0.1) is 17.8 Å². The van der Waals surface area contributed by atoms with E-state index in [1.54, 1.807) is 10.9 Å². The molecule has 0 radical (unpaired) electrons. The number of nitrogens with zero attached hydrogens (tertiary/aromatic N) is 2. The molecule has 2 bridgehead atoms. The summed E-state index contributed by atoms with van der Waals surface area (Å²) in [7, 11) is 0. The Hall–Kier alpha value is -1.56. The maximum atomic E-state index is 12.8. The maximum Gasteiger partial charge on any atom is 0.228 e. The number of rotatable bonds is 3. The molecular formula is C19H24Cl2N4O. The minimum Gasteiger partial charge on any atom is -0.327 e. The number of fused-ring (bicyclic) bond motifs is 2. The lowest BCUT2D eigenvalue weighted by molar-refractivity contribution is -0.122. The van der Waals surface area contributed by atoms with E-state index in [2.05, 4.69) is 10.4 Å². The largest absolute Gasteiger partial charge is 0.327 e. The third-order valence-corrected chi connectivity index (χ3v) is 5.97. The Kier molecular flexibility index (Phi) is 5.90. The van der Waals surface area contributed by atoms with E-state index in [0.717, 1.165) is 31.4 Å². The SMILES string of the molecule is Cl.NC1C2CCCC1CC(C(=O)Nc1ccnn1-c1cccc(Cl)c1)C2. The third kappa shape index (κ3) is 3.75. The van der Waals surface area contributed by atoms with Gasteiger partial charge >= 0.3 is 0 Å². The Morgan fingerprint density at radius 2 is 1.96 bits per heavy atom. The van der Waals surface area contributed by atoms with Crippen molar-refractivity contribution in [2.75, 3.05) is 5.32 Å². The van der Waals surface area contributed by atoms with Crippen LogP contribution < -0.4 is 11.1 Å². The summed E-state index contributed by atoms with van der Waals surface area (Å²) in [4.78, 5) is 12.8. The van der Waals surface area contributed by atoms with Crippen molar-refractivity contribution in [1.82, 2.24) is 9.78 Å². The molecular weight excluding hydrogens is 371 g/mol. The third-order valence-electron chi connectivity index (χ3n) is 5.73. The average molecular weight is 395 g/mol. The lowest BCUT2D eigenvalue weighted by Gasteiger charge is -2.43. The van der Waals surface area contributed by atoms with Gasteiger partial charge in [-0.2, -0.15) is 5.10 Å². The molecule has 2 aliphatic carbocycles. The van der Waals surface area contributed by atoms with Crippen LogP contribution in [0.25, 0.3) is 5.69 Å². The average Bonchev–Trinajstić information content (AvgIpc) is 3.02. The first-order valence-electron chi connectivity index (χ1n) is 8.98. The number of halogens is 2. The van der Waals surface area contributed by atoms with E-state index in [1.807, 2.05) is 30.3 Å². The summed E-state index contributed by atoms with van der Waals surface area (Å²) in [6.07, 6.45) is 7.04. The Morgan fingerprint density at radius 1 is 1.23 bits per heavy atom. The fourth-order valence-corrected chi connectivity index (χ4v) is 4.63. The number of amides is 1. The molecule has 0 saturated heterocycles. The van der Waals surface area contributed by atoms with Gasteiger partial charge in [-0.3, -0.25) is 4.79 Å². The van der Waals surface area contributed by atoms with Crippen LogP contribution in [0.15, 0.2) is 36.5 Å². The lowest BCUT2D eigenvalue weighted by Crippen LogP contribution is -2.48. The first kappa shape index (κ1) is 19.2. The monoisotopic (exact) mass is 394 g/mol. The van der Waals surface area contributed by atoms with Crippen LogP contribution in [0.5, 0.6) is 0 Å². The molecule has 1 heterocycles. The molecule has 26 heavy (non-hydrogen) atoms. The summed E-state index contributed by atoms with van der Waals surface area (Å²) in [5.74, 6) is 1.76. The van der Waals surface area contributed by atoms with Crippen molar-refractivity contribution in [3.05, 3.63) is 41.6 Å². The van der Waals surface area contributed by atoms with Crippen molar-refractivity contribution in [3.63, 3.8) is 0 Å². The smallest absolute Gasteiger partial charge is 0.228 e. The number of aromatic nitrogens is 2. The zero-order valence-corrected chi connectivity index (χ0v) is 16.0. The molecule has 1 aromatic carbocycles. The van der Waals surface area contributed by atoms with E-state index in [1.165, 1.54) is 6.42 Å². The number of benzene rings is 1. The molecule has 0 spiro atoms. The Morgan fingerprint density at radius 3 is 2.65 bits per heavy atom. The fraction of sp³-hybridized carbons (Fsp3) is 0.474. The van der Waals surface area contributed by atoms with Crippen molar-refractivity contribution in [2.45, 2.75) is 38.1 Å². The van der Waals surface area contributed by atoms with Gasteiger partial charge in [-0.25, -0.2) is 4.68 Å². The highest BCUT2D eigenvalue weighted by atomic mass is 35.5. The van der Waals surface area contributed by atoms with Crippen LogP contribution in [-0.4, -0.2) is 21.7 Å². The van der Waals surface area contributed by atoms with Gasteiger partial charge in [0.15, 0.2) is 0 Å². The van der Waals surface area contributed by atoms with Crippen LogP contribution in [0.4, 0.5) is 5.82 Å². The minimum absolute atomic E-state index is 0. The molecule has 2 atom stereocenters. The summed E-state index contributed by atoms with van der Waals surface area (Å²) in [6.45, 7) is 0. The number of carbonyl (C=O) groups is 1. The number of hydrogen-bond acceptors (Lipinski definition) is 3. The molecule has 3 N–H and O–H groups in total. The van der Waals surface area contributed by atoms with Gasteiger partial charge in [0.25, 0.3) is 0 Å². The fourth-order valence-electron chi connectivity index (χ4n) is 4.44. The Bertz CT molecular complexity index is 764. The van der Waals surface area contributed by atoms with E-state index >= 15 is 0 Å². The first-order chi connectivity index (χ1) is 12.1. The second-order valence-electron chi connectivity index (χ2n) is 7.29. The van der Waals surface area contributed by atoms with Gasteiger partial charge in [-0.05, 0) is 55.7 Å². The number of anilines is 1. The van der Waals surface area contributed by atoms with Crippen molar-refractivity contribution >= 4 is 35.7 Å². The zero-order chi connectivity index (χ0) is 17.4. The second-order valence-corrected chi connectivity index (χ2v) is 7.73. The van der Waals surface area contributed by atoms with E-state index in [4.69, 9.17) is 17.3 Å². The molecule has 4 rings (SSSR count). The van der Waals surface area contributed by atoms with Crippen LogP contribution in [0.1, 0.15) is 32.1 Å². The van der Waals surface area contributed by atoms with Crippen LogP contribution in [0.2, 0.25) is 5.02 Å². The number of nitrogens with one attached hydrogen (secondary N) is 1. The van der Waals surface area contributed by atoms with Gasteiger partial charge in [0.05, 0.1) is 11.9 Å². The van der Waals surface area contributed by atoms with Gasteiger partial charge in [0.2, 0.25) is 5.91 Å². The van der Waals surface area contributed by atoms with Gasteiger partial charge < -0.3 is 11.1 Å². The number of carbonyl (C=O) groups excluding carboxylic acids is 1. The van der Waals surface area contributed by atoms with Crippen LogP contribution in [-0.2, 0) is 4.79 Å². The van der Waals surface area contributed by atoms with Gasteiger partial charge in [0, 0.05) is 23.0 Å². The molecule has 1 amide bonds. The van der Waals surface area contributed by atoms with Gasteiger partial charge in [-0.1, -0.05) is 24.1 Å². The highest BCUT2D eigenvalue weighted by Gasteiger charge is 2.40. The minimum atomic E-state index is 0. The summed E-state index contributed by atoms with van der Waals surface area (Å²) in [5, 5.41) is 8.02. The number of hydrogen-bond donors (Lipinski definition) is 2. The van der Waals surface area contributed by atoms with Crippen molar-refractivity contribution in [3.8, 4) is 5.69 Å². The molecule has 2 aromatic rings. The van der Waals surface area contributed by atoms with E-state index in [9.17, 15) is 4.79 Å². The topological polar surface area (TPSA) is 72.9 Å². The summed E-state index contributed by atoms with van der Waals surface area (Å²) in [5.41, 5.74) is 7.17. The zero-order valence-electron chi connectivity index (χ0n) is 14.5. The predicted molar refractivity (Wildman–Crippen MR) is 106 cm³/mol. The van der Waals surface area contributed by atoms with E-state index in [-0.39, 0.29) is 30.3 Å². The second kappa shape index (κ2) is 7.99. The van der Waals surface area contributed by atoms with Crippen molar-refractivity contribution in [1.29, 1.82) is 0 Å². The normalized spacial score (nSPS) is 27.5. The molecule has 140 valence electrons.